The summed E-state index contributed by atoms with van der Waals surface area (Å²) < 4.78 is 55.4. The Morgan fingerprint density at radius 3 is 2.31 bits per heavy atom. The van der Waals surface area contributed by atoms with E-state index < -0.39 is 22.5 Å². The molecule has 2 rings (SSSR count). The summed E-state index contributed by atoms with van der Waals surface area (Å²) in [5.41, 5.74) is 0.712. The monoisotopic (exact) mass is 424 g/mol. The van der Waals surface area contributed by atoms with Crippen LogP contribution in [0, 0.1) is 0 Å². The molecule has 0 aliphatic heterocycles. The van der Waals surface area contributed by atoms with Gasteiger partial charge in [0, 0.05) is 30.4 Å². The second-order valence-corrected chi connectivity index (χ2v) is 8.38. The van der Waals surface area contributed by atoms with Crippen LogP contribution in [0.15, 0.2) is 59.5 Å². The van der Waals surface area contributed by atoms with Gasteiger partial charge in [-0.2, -0.15) is 13.1 Å². The van der Waals surface area contributed by atoms with Crippen LogP contribution in [-0.4, -0.2) is 38.3 Å². The van der Waals surface area contributed by atoms with Crippen LogP contribution in [0.2, 0.25) is 0 Å². The molecule has 0 spiro atoms. The number of ether oxygens (including phenoxy) is 1. The van der Waals surface area contributed by atoms with Crippen LogP contribution in [0.5, 0.6) is 5.75 Å². The molecule has 29 heavy (non-hydrogen) atoms. The lowest BCUT2D eigenvalue weighted by atomic mass is 10.2. The summed E-state index contributed by atoms with van der Waals surface area (Å²) in [5.74, 6) is -0.554. The van der Waals surface area contributed by atoms with E-state index in [1.54, 1.807) is 26.0 Å². The van der Waals surface area contributed by atoms with Crippen molar-refractivity contribution >= 4 is 27.7 Å². The van der Waals surface area contributed by atoms with Gasteiger partial charge in [-0.05, 0) is 50.3 Å². The quantitative estimate of drug-likeness (QED) is 0.651. The molecule has 1 N–H and O–H groups in total. The smallest absolute Gasteiger partial charge is 0.387 e. The normalized spacial score (nSPS) is 12.1. The van der Waals surface area contributed by atoms with Gasteiger partial charge in [0.25, 0.3) is 0 Å². The summed E-state index contributed by atoms with van der Waals surface area (Å²) in [7, 11) is -2.12. The van der Waals surface area contributed by atoms with Crippen LogP contribution in [0.25, 0.3) is 6.08 Å². The van der Waals surface area contributed by atoms with Crippen LogP contribution >= 0.6 is 0 Å². The van der Waals surface area contributed by atoms with Crippen molar-refractivity contribution in [2.24, 2.45) is 0 Å². The first-order chi connectivity index (χ1) is 13.6. The molecule has 0 bridgehead atoms. The number of halogens is 2. The van der Waals surface area contributed by atoms with Crippen LogP contribution < -0.4 is 10.1 Å². The third kappa shape index (κ3) is 6.10. The molecule has 156 valence electrons. The Bertz CT molecular complexity index is 974. The molecule has 0 saturated carbocycles. The van der Waals surface area contributed by atoms with Crippen molar-refractivity contribution in [3.8, 4) is 5.75 Å². The molecule has 2 aromatic rings. The van der Waals surface area contributed by atoms with Gasteiger partial charge in [-0.1, -0.05) is 18.2 Å². The lowest BCUT2D eigenvalue weighted by Crippen LogP contribution is -2.33. The standard InChI is InChI=1S/C20H22F2N2O4S/c1-14(2)24(3)29(26,27)17-11-9-16(10-12-17)23-19(25)13-8-15-6-4-5-7-18(15)28-20(21)22/h4-14,20H,1-3H3,(H,23,25)/b13-8+. The fourth-order valence-electron chi connectivity index (χ4n) is 2.32. The summed E-state index contributed by atoms with van der Waals surface area (Å²) in [6.07, 6.45) is 2.52. The zero-order chi connectivity index (χ0) is 21.6. The first-order valence-corrected chi connectivity index (χ1v) is 10.2. The fraction of sp³-hybridized carbons (Fsp3) is 0.250. The molecule has 0 aliphatic rings. The fourth-order valence-corrected chi connectivity index (χ4v) is 3.69. The van der Waals surface area contributed by atoms with Crippen molar-refractivity contribution in [2.75, 3.05) is 12.4 Å². The van der Waals surface area contributed by atoms with Gasteiger partial charge < -0.3 is 10.1 Å². The molecule has 0 heterocycles. The van der Waals surface area contributed by atoms with Crippen molar-refractivity contribution in [1.82, 2.24) is 4.31 Å². The van der Waals surface area contributed by atoms with E-state index in [0.29, 0.717) is 11.3 Å². The van der Waals surface area contributed by atoms with Crippen LogP contribution in [0.1, 0.15) is 19.4 Å². The Morgan fingerprint density at radius 1 is 1.10 bits per heavy atom. The minimum atomic E-state index is -3.61. The molecule has 2 aromatic carbocycles. The van der Waals surface area contributed by atoms with E-state index in [1.165, 1.54) is 59.9 Å². The van der Waals surface area contributed by atoms with Gasteiger partial charge in [-0.25, -0.2) is 8.42 Å². The average Bonchev–Trinajstić information content (AvgIpc) is 2.66. The molecular weight excluding hydrogens is 402 g/mol. The largest absolute Gasteiger partial charge is 0.434 e. The molecule has 9 heteroatoms. The molecule has 0 radical (unpaired) electrons. The maximum atomic E-state index is 12.4. The summed E-state index contributed by atoms with van der Waals surface area (Å²) >= 11 is 0. The van der Waals surface area contributed by atoms with Crippen molar-refractivity contribution in [1.29, 1.82) is 0 Å². The number of alkyl halides is 2. The van der Waals surface area contributed by atoms with Crippen LogP contribution in [-0.2, 0) is 14.8 Å². The van der Waals surface area contributed by atoms with Crippen molar-refractivity contribution in [3.05, 3.63) is 60.2 Å². The summed E-state index contributed by atoms with van der Waals surface area (Å²) in [4.78, 5) is 12.2. The second kappa shape index (κ2) is 9.62. The summed E-state index contributed by atoms with van der Waals surface area (Å²) in [6.45, 7) is 0.564. The zero-order valence-electron chi connectivity index (χ0n) is 16.2. The molecule has 0 aromatic heterocycles. The van der Waals surface area contributed by atoms with E-state index >= 15 is 0 Å². The Balaban J connectivity index is 2.08. The highest BCUT2D eigenvalue weighted by molar-refractivity contribution is 7.89. The number of sulfonamides is 1. The molecule has 0 aliphatic carbocycles. The number of para-hydroxylation sites is 1. The number of carbonyl (C=O) groups is 1. The lowest BCUT2D eigenvalue weighted by Gasteiger charge is -2.21. The zero-order valence-corrected chi connectivity index (χ0v) is 17.0. The molecular formula is C20H22F2N2O4S. The highest BCUT2D eigenvalue weighted by Gasteiger charge is 2.22. The number of benzene rings is 2. The van der Waals surface area contributed by atoms with Gasteiger partial charge >= 0.3 is 6.61 Å². The Morgan fingerprint density at radius 2 is 1.72 bits per heavy atom. The third-order valence-corrected chi connectivity index (χ3v) is 6.12. The van der Waals surface area contributed by atoms with Gasteiger partial charge in [0.05, 0.1) is 4.90 Å². The summed E-state index contributed by atoms with van der Waals surface area (Å²) in [6, 6.07) is 11.6. The SMILES string of the molecule is CC(C)N(C)S(=O)(=O)c1ccc(NC(=O)/C=C/c2ccccc2OC(F)F)cc1. The minimum Gasteiger partial charge on any atom is -0.434 e. The third-order valence-electron chi connectivity index (χ3n) is 4.08. The van der Waals surface area contributed by atoms with E-state index in [2.05, 4.69) is 10.1 Å². The van der Waals surface area contributed by atoms with Crippen molar-refractivity contribution < 1.29 is 26.7 Å². The predicted octanol–water partition coefficient (Wildman–Crippen LogP) is 3.97. The van der Waals surface area contributed by atoms with Crippen molar-refractivity contribution in [2.45, 2.75) is 31.4 Å². The first kappa shape index (κ1) is 22.5. The number of nitrogens with one attached hydrogen (secondary N) is 1. The van der Waals surface area contributed by atoms with Gasteiger partial charge in [0.15, 0.2) is 0 Å². The average molecular weight is 424 g/mol. The van der Waals surface area contributed by atoms with Crippen molar-refractivity contribution in [3.63, 3.8) is 0 Å². The number of nitrogens with zero attached hydrogens (tertiary/aromatic N) is 1. The number of hydrogen-bond donors (Lipinski definition) is 1. The van der Waals surface area contributed by atoms with Crippen LogP contribution in [0.4, 0.5) is 14.5 Å². The molecule has 6 nitrogen and oxygen atoms in total. The number of carbonyl (C=O) groups excluding carboxylic acids is 1. The minimum absolute atomic E-state index is 0.0459. The highest BCUT2D eigenvalue weighted by Crippen LogP contribution is 2.22. The topological polar surface area (TPSA) is 75.7 Å². The molecule has 0 unspecified atom stereocenters. The molecule has 0 saturated heterocycles. The molecule has 0 fully saturated rings. The van der Waals surface area contributed by atoms with Gasteiger partial charge in [0.1, 0.15) is 5.75 Å². The van der Waals surface area contributed by atoms with Gasteiger partial charge in [-0.3, -0.25) is 4.79 Å². The first-order valence-electron chi connectivity index (χ1n) is 8.72. The number of hydrogen-bond acceptors (Lipinski definition) is 4. The van der Waals surface area contributed by atoms with E-state index in [4.69, 9.17) is 0 Å². The molecule has 0 atom stereocenters. The maximum absolute atomic E-state index is 12.4. The second-order valence-electron chi connectivity index (χ2n) is 6.38. The Kier molecular flexibility index (Phi) is 7.46. The molecule has 1 amide bonds. The Labute approximate surface area is 168 Å². The predicted molar refractivity (Wildman–Crippen MR) is 107 cm³/mol. The van der Waals surface area contributed by atoms with E-state index in [0.717, 1.165) is 0 Å². The van der Waals surface area contributed by atoms with Gasteiger partial charge in [0.2, 0.25) is 15.9 Å². The number of anilines is 1. The maximum Gasteiger partial charge on any atom is 0.387 e. The van der Waals surface area contributed by atoms with E-state index in [-0.39, 0.29) is 16.7 Å². The van der Waals surface area contributed by atoms with E-state index in [1.807, 2.05) is 0 Å². The lowest BCUT2D eigenvalue weighted by molar-refractivity contribution is -0.111. The highest BCUT2D eigenvalue weighted by atomic mass is 32.2. The van der Waals surface area contributed by atoms with Gasteiger partial charge in [-0.15, -0.1) is 0 Å². The Hall–Kier alpha value is -2.78. The van der Waals surface area contributed by atoms with Crippen LogP contribution in [0.3, 0.4) is 0 Å². The number of amides is 1. The van der Waals surface area contributed by atoms with E-state index in [9.17, 15) is 22.0 Å². The summed E-state index contributed by atoms with van der Waals surface area (Å²) in [5, 5.41) is 2.58. The number of rotatable bonds is 8.